The number of fused-ring (bicyclic) bond motifs is 4. The standard InChI is InChI=1S/C19H21N3O3/c1-25-17-3-2-12(5-15(17)19(20)24)13-6-16-14-4-11(8-21-9-14)10-22(16)18(23)7-13/h2-3,5-7,11,14,21H,4,8-10H2,1H3,(H2,20,24)/t11-,14+/m0/s1. The largest absolute Gasteiger partial charge is 0.496 e. The number of nitrogens with zero attached hydrogens (tertiary/aromatic N) is 1. The van der Waals surface area contributed by atoms with Crippen LogP contribution in [0.25, 0.3) is 11.1 Å². The van der Waals surface area contributed by atoms with Crippen LogP contribution in [0.4, 0.5) is 0 Å². The van der Waals surface area contributed by atoms with Crippen molar-refractivity contribution < 1.29 is 9.53 Å². The summed E-state index contributed by atoms with van der Waals surface area (Å²) in [5.74, 6) is 0.768. The number of nitrogens with one attached hydrogen (secondary N) is 1. The van der Waals surface area contributed by atoms with Crippen LogP contribution in [0.3, 0.4) is 0 Å². The molecule has 1 saturated heterocycles. The fraction of sp³-hybridized carbons (Fsp3) is 0.368. The van der Waals surface area contributed by atoms with Crippen molar-refractivity contribution >= 4 is 5.91 Å². The molecule has 2 aliphatic rings. The zero-order valence-electron chi connectivity index (χ0n) is 14.1. The van der Waals surface area contributed by atoms with Gasteiger partial charge in [0.2, 0.25) is 0 Å². The number of amides is 1. The van der Waals surface area contributed by atoms with Crippen LogP contribution in [0.2, 0.25) is 0 Å². The molecule has 4 rings (SSSR count). The Labute approximate surface area is 145 Å². The molecule has 130 valence electrons. The van der Waals surface area contributed by atoms with E-state index in [0.717, 1.165) is 42.9 Å². The maximum absolute atomic E-state index is 12.7. The lowest BCUT2D eigenvalue weighted by Crippen LogP contribution is -2.44. The third kappa shape index (κ3) is 2.72. The minimum Gasteiger partial charge on any atom is -0.496 e. The lowest BCUT2D eigenvalue weighted by molar-refractivity contribution is 0.0997. The number of methoxy groups -OCH3 is 1. The van der Waals surface area contributed by atoms with E-state index >= 15 is 0 Å². The second-order valence-corrected chi connectivity index (χ2v) is 6.85. The monoisotopic (exact) mass is 339 g/mol. The predicted molar refractivity (Wildman–Crippen MR) is 94.9 cm³/mol. The summed E-state index contributed by atoms with van der Waals surface area (Å²) < 4.78 is 7.10. The molecule has 2 atom stereocenters. The number of nitrogens with two attached hydrogens (primary N) is 1. The predicted octanol–water partition coefficient (Wildman–Crippen LogP) is 1.33. The second kappa shape index (κ2) is 6.04. The minimum atomic E-state index is -0.548. The fourth-order valence-corrected chi connectivity index (χ4v) is 4.05. The van der Waals surface area contributed by atoms with E-state index in [1.807, 2.05) is 10.6 Å². The van der Waals surface area contributed by atoms with E-state index in [9.17, 15) is 9.59 Å². The summed E-state index contributed by atoms with van der Waals surface area (Å²) in [5, 5.41) is 3.45. The highest BCUT2D eigenvalue weighted by molar-refractivity contribution is 5.97. The molecule has 2 aromatic rings. The van der Waals surface area contributed by atoms with E-state index in [1.54, 1.807) is 18.2 Å². The van der Waals surface area contributed by atoms with Crippen LogP contribution in [0.1, 0.15) is 28.4 Å². The van der Waals surface area contributed by atoms with Crippen molar-refractivity contribution in [2.24, 2.45) is 11.7 Å². The Hall–Kier alpha value is -2.60. The number of pyridine rings is 1. The minimum absolute atomic E-state index is 0.0144. The molecular weight excluding hydrogens is 318 g/mol. The summed E-state index contributed by atoms with van der Waals surface area (Å²) >= 11 is 0. The molecule has 3 heterocycles. The number of hydrogen-bond acceptors (Lipinski definition) is 4. The Balaban J connectivity index is 1.82. The third-order valence-corrected chi connectivity index (χ3v) is 5.26. The molecule has 2 aliphatic heterocycles. The fourth-order valence-electron chi connectivity index (χ4n) is 4.05. The molecule has 2 bridgehead atoms. The number of aromatic nitrogens is 1. The maximum atomic E-state index is 12.7. The molecule has 3 N–H and O–H groups in total. The highest BCUT2D eigenvalue weighted by atomic mass is 16.5. The van der Waals surface area contributed by atoms with Crippen molar-refractivity contribution in [1.82, 2.24) is 9.88 Å². The molecule has 1 fully saturated rings. The van der Waals surface area contributed by atoms with Crippen LogP contribution in [0.15, 0.2) is 35.1 Å². The molecule has 0 aliphatic carbocycles. The molecule has 1 aromatic carbocycles. The van der Waals surface area contributed by atoms with Gasteiger partial charge in [0.15, 0.2) is 0 Å². The Kier molecular flexibility index (Phi) is 3.84. The van der Waals surface area contributed by atoms with E-state index in [4.69, 9.17) is 10.5 Å². The van der Waals surface area contributed by atoms with E-state index < -0.39 is 5.91 Å². The van der Waals surface area contributed by atoms with Gasteiger partial charge in [0, 0.05) is 30.8 Å². The SMILES string of the molecule is COc1ccc(-c2cc3n(c(=O)c2)C[C@@H]2CNC[C@H]3C2)cc1C(N)=O. The molecular formula is C19H21N3O3. The smallest absolute Gasteiger partial charge is 0.252 e. The number of primary amides is 1. The lowest BCUT2D eigenvalue weighted by Gasteiger charge is -2.37. The van der Waals surface area contributed by atoms with E-state index in [0.29, 0.717) is 23.1 Å². The van der Waals surface area contributed by atoms with Gasteiger partial charge in [0.1, 0.15) is 5.75 Å². The number of hydrogen-bond donors (Lipinski definition) is 2. The van der Waals surface area contributed by atoms with Crippen LogP contribution in [-0.4, -0.2) is 30.7 Å². The topological polar surface area (TPSA) is 86.3 Å². The first-order valence-electron chi connectivity index (χ1n) is 8.50. The average Bonchev–Trinajstić information content (AvgIpc) is 2.62. The first-order valence-corrected chi connectivity index (χ1v) is 8.50. The van der Waals surface area contributed by atoms with Crippen molar-refractivity contribution in [2.45, 2.75) is 18.9 Å². The van der Waals surface area contributed by atoms with Gasteiger partial charge >= 0.3 is 0 Å². The van der Waals surface area contributed by atoms with E-state index in [-0.39, 0.29) is 5.56 Å². The average molecular weight is 339 g/mol. The van der Waals surface area contributed by atoms with Gasteiger partial charge < -0.3 is 20.4 Å². The number of piperidine rings is 1. The number of carbonyl (C=O) groups is 1. The van der Waals surface area contributed by atoms with Gasteiger partial charge in [-0.3, -0.25) is 9.59 Å². The van der Waals surface area contributed by atoms with Crippen molar-refractivity contribution in [3.8, 4) is 16.9 Å². The summed E-state index contributed by atoms with van der Waals surface area (Å²) in [5.41, 5.74) is 8.46. The number of ether oxygens (including phenoxy) is 1. The Morgan fingerprint density at radius 2 is 2.08 bits per heavy atom. The molecule has 6 nitrogen and oxygen atoms in total. The molecule has 1 amide bonds. The zero-order chi connectivity index (χ0) is 17.6. The Morgan fingerprint density at radius 1 is 1.24 bits per heavy atom. The van der Waals surface area contributed by atoms with Crippen LogP contribution < -0.4 is 21.3 Å². The quantitative estimate of drug-likeness (QED) is 0.883. The Bertz CT molecular complexity index is 903. The summed E-state index contributed by atoms with van der Waals surface area (Å²) in [6, 6.07) is 8.97. The van der Waals surface area contributed by atoms with Crippen LogP contribution in [-0.2, 0) is 6.54 Å². The summed E-state index contributed by atoms with van der Waals surface area (Å²) in [6.07, 6.45) is 1.12. The molecule has 0 radical (unpaired) electrons. The zero-order valence-corrected chi connectivity index (χ0v) is 14.1. The first kappa shape index (κ1) is 15.9. The van der Waals surface area contributed by atoms with Crippen LogP contribution in [0.5, 0.6) is 5.75 Å². The normalized spacial score (nSPS) is 21.5. The van der Waals surface area contributed by atoms with Crippen LogP contribution >= 0.6 is 0 Å². The molecule has 0 spiro atoms. The highest BCUT2D eigenvalue weighted by Gasteiger charge is 2.31. The maximum Gasteiger partial charge on any atom is 0.252 e. The van der Waals surface area contributed by atoms with Gasteiger partial charge in [-0.1, -0.05) is 6.07 Å². The van der Waals surface area contributed by atoms with E-state index in [1.165, 1.54) is 7.11 Å². The van der Waals surface area contributed by atoms with Crippen molar-refractivity contribution in [1.29, 1.82) is 0 Å². The number of rotatable bonds is 3. The first-order chi connectivity index (χ1) is 12.1. The van der Waals surface area contributed by atoms with Gasteiger partial charge in [-0.05, 0) is 48.2 Å². The molecule has 25 heavy (non-hydrogen) atoms. The molecule has 1 aromatic heterocycles. The second-order valence-electron chi connectivity index (χ2n) is 6.85. The lowest BCUT2D eigenvalue weighted by atomic mass is 9.83. The van der Waals surface area contributed by atoms with E-state index in [2.05, 4.69) is 11.4 Å². The van der Waals surface area contributed by atoms with Gasteiger partial charge in [-0.15, -0.1) is 0 Å². The summed E-state index contributed by atoms with van der Waals surface area (Å²) in [6.45, 7) is 2.65. The third-order valence-electron chi connectivity index (χ3n) is 5.26. The van der Waals surface area contributed by atoms with Crippen LogP contribution in [0, 0.1) is 5.92 Å². The number of carbonyl (C=O) groups excluding carboxylic acids is 1. The summed E-state index contributed by atoms with van der Waals surface area (Å²) in [7, 11) is 1.50. The molecule has 0 unspecified atom stereocenters. The number of benzene rings is 1. The highest BCUT2D eigenvalue weighted by Crippen LogP contribution is 2.34. The van der Waals surface area contributed by atoms with Gasteiger partial charge in [0.05, 0.1) is 12.7 Å². The Morgan fingerprint density at radius 3 is 2.84 bits per heavy atom. The van der Waals surface area contributed by atoms with Crippen molar-refractivity contribution in [3.05, 3.63) is 51.9 Å². The van der Waals surface area contributed by atoms with Crippen molar-refractivity contribution in [2.75, 3.05) is 20.2 Å². The van der Waals surface area contributed by atoms with Gasteiger partial charge in [0.25, 0.3) is 11.5 Å². The molecule has 6 heteroatoms. The van der Waals surface area contributed by atoms with Gasteiger partial charge in [-0.2, -0.15) is 0 Å². The van der Waals surface area contributed by atoms with Crippen molar-refractivity contribution in [3.63, 3.8) is 0 Å². The summed E-state index contributed by atoms with van der Waals surface area (Å²) in [4.78, 5) is 24.3. The molecule has 0 saturated carbocycles. The van der Waals surface area contributed by atoms with Gasteiger partial charge in [-0.25, -0.2) is 0 Å².